The van der Waals surface area contributed by atoms with Gasteiger partial charge in [-0.05, 0) is 83.8 Å². The van der Waals surface area contributed by atoms with E-state index in [0.717, 1.165) is 5.75 Å². The van der Waals surface area contributed by atoms with Gasteiger partial charge in [0, 0.05) is 11.8 Å². The summed E-state index contributed by atoms with van der Waals surface area (Å²) < 4.78 is 24.3. The molecule has 2 aliphatic rings. The number of hydrogen-bond donors (Lipinski definition) is 0. The molecule has 2 heterocycles. The van der Waals surface area contributed by atoms with Gasteiger partial charge in [0.2, 0.25) is 0 Å². The molecule has 2 fully saturated rings. The van der Waals surface area contributed by atoms with Crippen molar-refractivity contribution in [2.24, 2.45) is 5.92 Å². The molecule has 1 unspecified atom stereocenters. The Kier molecular flexibility index (Phi) is 7.28. The van der Waals surface area contributed by atoms with Gasteiger partial charge >= 0.3 is 6.80 Å². The Bertz CT molecular complexity index is 376. The van der Waals surface area contributed by atoms with Gasteiger partial charge in [0.15, 0.2) is 0 Å². The minimum atomic E-state index is -3.05. The van der Waals surface area contributed by atoms with E-state index < -0.39 is 6.80 Å². The smallest absolute Gasteiger partial charge is 0.300 e. The quantitative estimate of drug-likeness (QED) is 0.609. The van der Waals surface area contributed by atoms with Gasteiger partial charge in [-0.15, -0.1) is 0 Å². The highest BCUT2D eigenvalue weighted by Gasteiger charge is 2.36. The zero-order valence-electron chi connectivity index (χ0n) is 14.5. The fraction of sp³-hybridized carbons (Fsp3) is 1.00. The summed E-state index contributed by atoms with van der Waals surface area (Å²) in [7, 11) is 0. The molecule has 2 rings (SSSR count). The molecular formula is C16H32NO3PS. The lowest BCUT2D eigenvalue weighted by Crippen LogP contribution is -2.48. The molecule has 2 aliphatic heterocycles. The van der Waals surface area contributed by atoms with Gasteiger partial charge in [-0.2, -0.15) is 0 Å². The maximum atomic E-state index is 12.9. The summed E-state index contributed by atoms with van der Waals surface area (Å²) in [6.45, 7) is 7.11. The molecule has 6 heteroatoms. The monoisotopic (exact) mass is 349 g/mol. The molecule has 0 amide bonds. The van der Waals surface area contributed by atoms with E-state index in [1.807, 2.05) is 27.7 Å². The van der Waals surface area contributed by atoms with E-state index in [9.17, 15) is 4.57 Å². The standard InChI is InChI=1S/C16H32NO3PS/c1-13(2)19-21(18,20-14(3)4)22-12-15-8-7-11-17-10-6-5-9-16(15)17/h13-16H,5-12H2,1-4H3/t15-,16?/m0/s1. The molecule has 0 aromatic heterocycles. The number of fused-ring (bicyclic) bond motifs is 1. The summed E-state index contributed by atoms with van der Waals surface area (Å²) in [5.74, 6) is 1.51. The van der Waals surface area contributed by atoms with Crippen molar-refractivity contribution in [3.8, 4) is 0 Å². The summed E-state index contributed by atoms with van der Waals surface area (Å²) in [4.78, 5) is 2.65. The molecule has 0 aromatic carbocycles. The van der Waals surface area contributed by atoms with Gasteiger partial charge < -0.3 is 4.90 Å². The van der Waals surface area contributed by atoms with Crippen LogP contribution in [-0.2, 0) is 13.6 Å². The summed E-state index contributed by atoms with van der Waals surface area (Å²) in [6.07, 6.45) is 6.34. The molecule has 2 atom stereocenters. The van der Waals surface area contributed by atoms with Gasteiger partial charge in [0.05, 0.1) is 12.2 Å². The van der Waals surface area contributed by atoms with Gasteiger partial charge in [-0.1, -0.05) is 6.42 Å². The molecule has 0 N–H and O–H groups in total. The normalized spacial score (nSPS) is 27.4. The lowest BCUT2D eigenvalue weighted by Gasteiger charge is -2.44. The van der Waals surface area contributed by atoms with Gasteiger partial charge in [-0.3, -0.25) is 9.05 Å². The van der Waals surface area contributed by atoms with Crippen LogP contribution in [0, 0.1) is 5.92 Å². The largest absolute Gasteiger partial charge is 0.389 e. The number of hydrogen-bond acceptors (Lipinski definition) is 5. The Morgan fingerprint density at radius 3 is 2.32 bits per heavy atom. The Morgan fingerprint density at radius 1 is 1.05 bits per heavy atom. The topological polar surface area (TPSA) is 38.8 Å². The molecule has 130 valence electrons. The number of rotatable bonds is 7. The summed E-state index contributed by atoms with van der Waals surface area (Å²) in [6, 6.07) is 0.682. The van der Waals surface area contributed by atoms with Crippen molar-refractivity contribution in [1.29, 1.82) is 0 Å². The SMILES string of the molecule is CC(C)OP(=O)(OC(C)C)SC[C@@H]1CCCN2CCCCC12. The fourth-order valence-electron chi connectivity index (χ4n) is 3.56. The molecule has 0 aromatic rings. The maximum absolute atomic E-state index is 12.9. The van der Waals surface area contributed by atoms with E-state index in [2.05, 4.69) is 4.90 Å². The molecule has 2 saturated heterocycles. The lowest BCUT2D eigenvalue weighted by molar-refractivity contribution is 0.0693. The average molecular weight is 349 g/mol. The van der Waals surface area contributed by atoms with E-state index in [4.69, 9.17) is 9.05 Å². The van der Waals surface area contributed by atoms with Crippen LogP contribution in [0.1, 0.15) is 59.8 Å². The molecule has 4 nitrogen and oxygen atoms in total. The van der Waals surface area contributed by atoms with Crippen LogP contribution < -0.4 is 0 Å². The first-order chi connectivity index (χ1) is 10.4. The molecule has 0 spiro atoms. The van der Waals surface area contributed by atoms with Crippen LogP contribution in [0.2, 0.25) is 0 Å². The van der Waals surface area contributed by atoms with Crippen LogP contribution in [0.15, 0.2) is 0 Å². The second kappa shape index (κ2) is 8.53. The van der Waals surface area contributed by atoms with Crippen molar-refractivity contribution in [3.63, 3.8) is 0 Å². The number of piperidine rings is 2. The Hall–Kier alpha value is 0.460. The highest BCUT2D eigenvalue weighted by atomic mass is 32.7. The Balaban J connectivity index is 1.94. The predicted molar refractivity (Wildman–Crippen MR) is 94.4 cm³/mol. The first-order valence-corrected chi connectivity index (χ1v) is 11.9. The Labute approximate surface area is 140 Å². The van der Waals surface area contributed by atoms with Crippen molar-refractivity contribution in [2.75, 3.05) is 18.8 Å². The third-order valence-corrected chi connectivity index (χ3v) is 8.52. The molecular weight excluding hydrogens is 317 g/mol. The predicted octanol–water partition coefficient (Wildman–Crippen LogP) is 4.94. The molecule has 0 radical (unpaired) electrons. The van der Waals surface area contributed by atoms with E-state index >= 15 is 0 Å². The summed E-state index contributed by atoms with van der Waals surface area (Å²) in [5.41, 5.74) is 0. The highest BCUT2D eigenvalue weighted by molar-refractivity contribution is 8.55. The molecule has 0 aliphatic carbocycles. The van der Waals surface area contributed by atoms with Crippen molar-refractivity contribution < 1.29 is 13.6 Å². The van der Waals surface area contributed by atoms with Gasteiger partial charge in [-0.25, -0.2) is 4.57 Å². The van der Waals surface area contributed by atoms with E-state index in [1.54, 1.807) is 0 Å². The first-order valence-electron chi connectivity index (χ1n) is 8.75. The lowest BCUT2D eigenvalue weighted by atomic mass is 9.85. The Morgan fingerprint density at radius 2 is 1.68 bits per heavy atom. The number of nitrogens with zero attached hydrogens (tertiary/aromatic N) is 1. The van der Waals surface area contributed by atoms with E-state index in [-0.39, 0.29) is 12.2 Å². The van der Waals surface area contributed by atoms with Crippen LogP contribution in [0.5, 0.6) is 0 Å². The molecule has 0 saturated carbocycles. The fourth-order valence-corrected chi connectivity index (χ4v) is 8.05. The van der Waals surface area contributed by atoms with Crippen molar-refractivity contribution in [2.45, 2.75) is 78.0 Å². The molecule has 0 bridgehead atoms. The van der Waals surface area contributed by atoms with Crippen LogP contribution in [0.3, 0.4) is 0 Å². The minimum absolute atomic E-state index is 0.0744. The van der Waals surface area contributed by atoms with Gasteiger partial charge in [0.1, 0.15) is 0 Å². The maximum Gasteiger partial charge on any atom is 0.389 e. The van der Waals surface area contributed by atoms with Crippen molar-refractivity contribution in [1.82, 2.24) is 4.90 Å². The third kappa shape index (κ3) is 5.52. The zero-order chi connectivity index (χ0) is 16.2. The van der Waals surface area contributed by atoms with Crippen LogP contribution in [0.4, 0.5) is 0 Å². The summed E-state index contributed by atoms with van der Waals surface area (Å²) >= 11 is 1.43. The van der Waals surface area contributed by atoms with Crippen molar-refractivity contribution in [3.05, 3.63) is 0 Å². The minimum Gasteiger partial charge on any atom is -0.300 e. The summed E-state index contributed by atoms with van der Waals surface area (Å²) in [5, 5.41) is 0. The third-order valence-electron chi connectivity index (χ3n) is 4.36. The average Bonchev–Trinajstić information content (AvgIpc) is 2.43. The van der Waals surface area contributed by atoms with Crippen LogP contribution >= 0.6 is 18.2 Å². The van der Waals surface area contributed by atoms with Gasteiger partial charge in [0.25, 0.3) is 0 Å². The zero-order valence-corrected chi connectivity index (χ0v) is 16.2. The second-order valence-corrected chi connectivity index (χ2v) is 11.1. The van der Waals surface area contributed by atoms with E-state index in [1.165, 1.54) is 56.6 Å². The molecule has 22 heavy (non-hydrogen) atoms. The second-order valence-electron chi connectivity index (χ2n) is 7.05. The van der Waals surface area contributed by atoms with Crippen LogP contribution in [-0.4, -0.2) is 42.0 Å². The first kappa shape index (κ1) is 18.8. The van der Waals surface area contributed by atoms with Crippen molar-refractivity contribution >= 4 is 18.2 Å². The highest BCUT2D eigenvalue weighted by Crippen LogP contribution is 2.63. The van der Waals surface area contributed by atoms with Crippen LogP contribution in [0.25, 0.3) is 0 Å². The van der Waals surface area contributed by atoms with E-state index in [0.29, 0.717) is 12.0 Å².